The maximum atomic E-state index is 9.69. The monoisotopic (exact) mass is 271 g/mol. The van der Waals surface area contributed by atoms with Gasteiger partial charge in [0.25, 0.3) is 0 Å². The average Bonchev–Trinajstić information content (AvgIpc) is 2.74. The first-order valence-electron chi connectivity index (χ1n) is 6.83. The highest BCUT2D eigenvalue weighted by molar-refractivity contribution is 4.82. The summed E-state index contributed by atoms with van der Waals surface area (Å²) in [6, 6.07) is 0. The molecule has 0 saturated carbocycles. The molecule has 0 aliphatic heterocycles. The van der Waals surface area contributed by atoms with E-state index in [9.17, 15) is 5.11 Å². The minimum Gasteiger partial charge on any atom is -0.389 e. The lowest BCUT2D eigenvalue weighted by Gasteiger charge is -2.12. The Kier molecular flexibility index (Phi) is 7.62. The van der Waals surface area contributed by atoms with Crippen LogP contribution in [0.2, 0.25) is 0 Å². The summed E-state index contributed by atoms with van der Waals surface area (Å²) >= 11 is 0. The molecule has 0 spiro atoms. The van der Waals surface area contributed by atoms with E-state index in [-0.39, 0.29) is 0 Å². The van der Waals surface area contributed by atoms with E-state index in [4.69, 9.17) is 9.26 Å². The molecule has 0 aromatic carbocycles. The Morgan fingerprint density at radius 3 is 2.84 bits per heavy atom. The normalized spacial score (nSPS) is 13.1. The molecule has 0 amide bonds. The van der Waals surface area contributed by atoms with Crippen LogP contribution in [0, 0.1) is 12.8 Å². The Morgan fingerprint density at radius 2 is 2.21 bits per heavy atom. The van der Waals surface area contributed by atoms with Gasteiger partial charge < -0.3 is 19.7 Å². The second kappa shape index (κ2) is 9.01. The number of aryl methyl sites for hydroxylation is 1. The summed E-state index contributed by atoms with van der Waals surface area (Å²) in [7, 11) is 0. The molecular formula is C13H25N3O3. The summed E-state index contributed by atoms with van der Waals surface area (Å²) in [5.74, 6) is 1.85. The fourth-order valence-electron chi connectivity index (χ4n) is 1.64. The first-order chi connectivity index (χ1) is 9.08. The highest BCUT2D eigenvalue weighted by Gasteiger charge is 2.06. The van der Waals surface area contributed by atoms with E-state index >= 15 is 0 Å². The van der Waals surface area contributed by atoms with E-state index in [1.807, 2.05) is 0 Å². The Balaban J connectivity index is 1.97. The number of aliphatic hydroxyl groups excluding tert-OH is 1. The number of hydrogen-bond donors (Lipinski definition) is 2. The van der Waals surface area contributed by atoms with Crippen molar-refractivity contribution < 1.29 is 14.4 Å². The number of nitrogens with zero attached hydrogens (tertiary/aromatic N) is 2. The van der Waals surface area contributed by atoms with Gasteiger partial charge in [0.1, 0.15) is 0 Å². The lowest BCUT2D eigenvalue weighted by molar-refractivity contribution is 0.0345. The molecule has 2 N–H and O–H groups in total. The van der Waals surface area contributed by atoms with Crippen molar-refractivity contribution in [2.24, 2.45) is 5.92 Å². The fourth-order valence-corrected chi connectivity index (χ4v) is 1.64. The average molecular weight is 271 g/mol. The number of aliphatic hydroxyl groups is 1. The third-order valence-electron chi connectivity index (χ3n) is 2.61. The highest BCUT2D eigenvalue weighted by atomic mass is 16.5. The number of nitrogens with one attached hydrogen (secondary N) is 1. The van der Waals surface area contributed by atoms with Gasteiger partial charge in [-0.3, -0.25) is 0 Å². The van der Waals surface area contributed by atoms with Gasteiger partial charge in [0.2, 0.25) is 5.89 Å². The van der Waals surface area contributed by atoms with Gasteiger partial charge in [0, 0.05) is 20.1 Å². The molecule has 1 rings (SSSR count). The molecule has 1 aromatic rings. The van der Waals surface area contributed by atoms with Crippen molar-refractivity contribution in [1.82, 2.24) is 15.5 Å². The molecule has 0 aliphatic carbocycles. The van der Waals surface area contributed by atoms with Crippen molar-refractivity contribution in [3.63, 3.8) is 0 Å². The van der Waals surface area contributed by atoms with Crippen LogP contribution >= 0.6 is 0 Å². The topological polar surface area (TPSA) is 80.4 Å². The third-order valence-corrected chi connectivity index (χ3v) is 2.61. The van der Waals surface area contributed by atoms with E-state index in [2.05, 4.69) is 29.3 Å². The van der Waals surface area contributed by atoms with Gasteiger partial charge in [-0.05, 0) is 18.8 Å². The molecule has 0 radical (unpaired) electrons. The first kappa shape index (κ1) is 16.1. The lowest BCUT2D eigenvalue weighted by atomic mass is 10.1. The molecule has 1 aromatic heterocycles. The van der Waals surface area contributed by atoms with Crippen molar-refractivity contribution in [2.45, 2.75) is 46.3 Å². The number of rotatable bonds is 10. The zero-order chi connectivity index (χ0) is 14.1. The van der Waals surface area contributed by atoms with Crippen molar-refractivity contribution in [3.8, 4) is 0 Å². The van der Waals surface area contributed by atoms with Crippen LogP contribution in [0.1, 0.15) is 38.4 Å². The Hall–Kier alpha value is -0.980. The predicted molar refractivity (Wildman–Crippen MR) is 71.6 cm³/mol. The summed E-state index contributed by atoms with van der Waals surface area (Å²) in [6.07, 6.45) is 1.69. The molecule has 6 nitrogen and oxygen atoms in total. The van der Waals surface area contributed by atoms with E-state index in [1.165, 1.54) is 0 Å². The van der Waals surface area contributed by atoms with Gasteiger partial charge in [-0.25, -0.2) is 0 Å². The van der Waals surface area contributed by atoms with Crippen molar-refractivity contribution in [1.29, 1.82) is 0 Å². The summed E-state index contributed by atoms with van der Waals surface area (Å²) in [4.78, 5) is 4.06. The van der Waals surface area contributed by atoms with Gasteiger partial charge in [0.05, 0.1) is 19.3 Å². The van der Waals surface area contributed by atoms with Gasteiger partial charge in [0.15, 0.2) is 5.82 Å². The first-order valence-corrected chi connectivity index (χ1v) is 6.83. The van der Waals surface area contributed by atoms with Crippen LogP contribution in [0.15, 0.2) is 4.52 Å². The molecule has 0 fully saturated rings. The molecule has 0 saturated heterocycles. The van der Waals surface area contributed by atoms with Crippen LogP contribution in [-0.2, 0) is 11.3 Å². The van der Waals surface area contributed by atoms with Crippen LogP contribution in [0.5, 0.6) is 0 Å². The molecule has 6 heteroatoms. The van der Waals surface area contributed by atoms with Gasteiger partial charge >= 0.3 is 0 Å². The lowest BCUT2D eigenvalue weighted by Crippen LogP contribution is -2.30. The fraction of sp³-hybridized carbons (Fsp3) is 0.846. The zero-order valence-corrected chi connectivity index (χ0v) is 12.1. The quantitative estimate of drug-likeness (QED) is 0.624. The largest absolute Gasteiger partial charge is 0.389 e. The maximum Gasteiger partial charge on any atom is 0.223 e. The SMILES string of the molecule is Cc1nc(CNCC(O)COCCCC(C)C)no1. The molecular weight excluding hydrogens is 246 g/mol. The van der Waals surface area contributed by atoms with Gasteiger partial charge in [-0.2, -0.15) is 4.98 Å². The standard InChI is InChI=1S/C13H25N3O3/c1-10(2)5-4-6-18-9-12(17)7-14-8-13-15-11(3)19-16-13/h10,12,14,17H,4-9H2,1-3H3. The Bertz CT molecular complexity index is 342. The molecule has 0 bridgehead atoms. The van der Waals surface area contributed by atoms with E-state index in [1.54, 1.807) is 6.92 Å². The molecule has 19 heavy (non-hydrogen) atoms. The van der Waals surface area contributed by atoms with Crippen molar-refractivity contribution >= 4 is 0 Å². The van der Waals surface area contributed by atoms with Crippen LogP contribution in [0.3, 0.4) is 0 Å². The molecule has 1 heterocycles. The number of ether oxygens (including phenoxy) is 1. The summed E-state index contributed by atoms with van der Waals surface area (Å²) in [5.41, 5.74) is 0. The van der Waals surface area contributed by atoms with Crippen LogP contribution in [-0.4, -0.2) is 41.1 Å². The zero-order valence-electron chi connectivity index (χ0n) is 12.1. The second-order valence-electron chi connectivity index (χ2n) is 5.13. The minimum absolute atomic E-state index is 0.358. The summed E-state index contributed by atoms with van der Waals surface area (Å²) in [6.45, 7) is 8.14. The molecule has 0 aliphatic rings. The molecule has 1 unspecified atom stereocenters. The van der Waals surface area contributed by atoms with E-state index in [0.29, 0.717) is 43.9 Å². The van der Waals surface area contributed by atoms with Crippen molar-refractivity contribution in [2.75, 3.05) is 19.8 Å². The smallest absolute Gasteiger partial charge is 0.223 e. The maximum absolute atomic E-state index is 9.69. The minimum atomic E-state index is -0.507. The predicted octanol–water partition coefficient (Wildman–Crippen LogP) is 1.28. The third kappa shape index (κ3) is 7.92. The van der Waals surface area contributed by atoms with E-state index in [0.717, 1.165) is 12.8 Å². The second-order valence-corrected chi connectivity index (χ2v) is 5.13. The highest BCUT2D eigenvalue weighted by Crippen LogP contribution is 2.03. The molecule has 110 valence electrons. The summed E-state index contributed by atoms with van der Waals surface area (Å²) < 4.78 is 10.3. The van der Waals surface area contributed by atoms with Gasteiger partial charge in [-0.15, -0.1) is 0 Å². The van der Waals surface area contributed by atoms with Crippen LogP contribution in [0.4, 0.5) is 0 Å². The van der Waals surface area contributed by atoms with Crippen molar-refractivity contribution in [3.05, 3.63) is 11.7 Å². The van der Waals surface area contributed by atoms with Crippen LogP contribution < -0.4 is 5.32 Å². The number of aromatic nitrogens is 2. The van der Waals surface area contributed by atoms with Gasteiger partial charge in [-0.1, -0.05) is 19.0 Å². The summed E-state index contributed by atoms with van der Waals surface area (Å²) in [5, 5.41) is 16.5. The number of hydrogen-bond acceptors (Lipinski definition) is 6. The van der Waals surface area contributed by atoms with E-state index < -0.39 is 6.10 Å². The molecule has 1 atom stereocenters. The Labute approximate surface area is 114 Å². The Morgan fingerprint density at radius 1 is 1.42 bits per heavy atom. The van der Waals surface area contributed by atoms with Crippen LogP contribution in [0.25, 0.3) is 0 Å².